The number of hydrogen-bond acceptors (Lipinski definition) is 5. The van der Waals surface area contributed by atoms with Gasteiger partial charge in [0, 0.05) is 29.3 Å². The summed E-state index contributed by atoms with van der Waals surface area (Å²) in [7, 11) is 0. The minimum atomic E-state index is -0.261. The van der Waals surface area contributed by atoms with Crippen molar-refractivity contribution in [3.8, 4) is 16.9 Å². The van der Waals surface area contributed by atoms with Crippen molar-refractivity contribution in [2.75, 3.05) is 5.73 Å². The van der Waals surface area contributed by atoms with E-state index in [2.05, 4.69) is 9.97 Å². The van der Waals surface area contributed by atoms with Crippen LogP contribution < -0.4 is 5.73 Å². The number of ketones is 2. The fourth-order valence-corrected chi connectivity index (χ4v) is 3.96. The highest BCUT2D eigenvalue weighted by molar-refractivity contribution is 6.11. The Labute approximate surface area is 192 Å². The van der Waals surface area contributed by atoms with Crippen molar-refractivity contribution in [1.29, 1.82) is 0 Å². The van der Waals surface area contributed by atoms with Crippen LogP contribution in [0.1, 0.15) is 51.2 Å². The standard InChI is InChI=1S/C27H24N4O2/c1-17-8-11-20(24(32)13-18-9-10-18)15-23(17)31-16-30-25(27(31)28)26(33)21-6-4-5-19(14-21)22-7-2-3-12-29-22/h2-8,11-12,14-16,18H,9-10,13,28H2,1H3. The monoisotopic (exact) mass is 436 g/mol. The first-order valence-electron chi connectivity index (χ1n) is 11.0. The molecule has 2 heterocycles. The van der Waals surface area contributed by atoms with Crippen LogP contribution in [-0.2, 0) is 0 Å². The van der Waals surface area contributed by atoms with Crippen LogP contribution in [-0.4, -0.2) is 26.1 Å². The summed E-state index contributed by atoms with van der Waals surface area (Å²) in [6.45, 7) is 1.95. The Balaban J connectivity index is 1.46. The molecule has 164 valence electrons. The lowest BCUT2D eigenvalue weighted by Gasteiger charge is -2.11. The van der Waals surface area contributed by atoms with Crippen LogP contribution in [0, 0.1) is 12.8 Å². The van der Waals surface area contributed by atoms with Crippen LogP contribution in [0.5, 0.6) is 0 Å². The third kappa shape index (κ3) is 4.20. The van der Waals surface area contributed by atoms with E-state index >= 15 is 0 Å². The van der Waals surface area contributed by atoms with E-state index in [-0.39, 0.29) is 23.1 Å². The maximum Gasteiger partial charge on any atom is 0.215 e. The van der Waals surface area contributed by atoms with Gasteiger partial charge in [0.25, 0.3) is 0 Å². The topological polar surface area (TPSA) is 90.9 Å². The van der Waals surface area contributed by atoms with Gasteiger partial charge in [-0.05, 0) is 55.5 Å². The Kier molecular flexibility index (Phi) is 5.34. The van der Waals surface area contributed by atoms with Gasteiger partial charge in [-0.3, -0.25) is 19.1 Å². The molecule has 2 aromatic carbocycles. The smallest absolute Gasteiger partial charge is 0.215 e. The predicted octanol–water partition coefficient (Wildman–Crippen LogP) is 5.04. The predicted molar refractivity (Wildman–Crippen MR) is 127 cm³/mol. The van der Waals surface area contributed by atoms with Crippen molar-refractivity contribution in [1.82, 2.24) is 14.5 Å². The second kappa shape index (κ2) is 8.47. The van der Waals surface area contributed by atoms with Gasteiger partial charge in [-0.25, -0.2) is 4.98 Å². The Morgan fingerprint density at radius 1 is 1.00 bits per heavy atom. The van der Waals surface area contributed by atoms with Crippen molar-refractivity contribution in [3.05, 3.63) is 95.6 Å². The normalized spacial score (nSPS) is 13.1. The number of benzene rings is 2. The number of rotatable bonds is 7. The lowest BCUT2D eigenvalue weighted by Crippen LogP contribution is -2.09. The van der Waals surface area contributed by atoms with Crippen molar-refractivity contribution < 1.29 is 9.59 Å². The quantitative estimate of drug-likeness (QED) is 0.410. The zero-order chi connectivity index (χ0) is 22.9. The molecule has 1 saturated carbocycles. The number of Topliss-reactive ketones (excluding diaryl/α,β-unsaturated/α-hetero) is 1. The van der Waals surface area contributed by atoms with Crippen LogP contribution in [0.4, 0.5) is 5.82 Å². The second-order valence-electron chi connectivity index (χ2n) is 8.55. The van der Waals surface area contributed by atoms with Crippen LogP contribution in [0.15, 0.2) is 73.2 Å². The number of carbonyl (C=O) groups is 2. The molecule has 1 aliphatic rings. The van der Waals surface area contributed by atoms with Crippen molar-refractivity contribution in [2.24, 2.45) is 5.92 Å². The van der Waals surface area contributed by atoms with E-state index in [9.17, 15) is 9.59 Å². The Morgan fingerprint density at radius 3 is 2.61 bits per heavy atom. The van der Waals surface area contributed by atoms with E-state index in [0.29, 0.717) is 23.5 Å². The average Bonchev–Trinajstić information content (AvgIpc) is 3.58. The zero-order valence-corrected chi connectivity index (χ0v) is 18.4. The number of pyridine rings is 1. The maximum absolute atomic E-state index is 13.3. The number of anilines is 1. The SMILES string of the molecule is Cc1ccc(C(=O)CC2CC2)cc1-n1cnc(C(=O)c2cccc(-c3ccccn3)c2)c1N. The molecule has 0 radical (unpaired) electrons. The number of imidazole rings is 1. The highest BCUT2D eigenvalue weighted by Crippen LogP contribution is 2.34. The first kappa shape index (κ1) is 20.8. The number of nitrogen functional groups attached to an aromatic ring is 1. The first-order valence-corrected chi connectivity index (χ1v) is 11.0. The Morgan fingerprint density at radius 2 is 1.85 bits per heavy atom. The Hall–Kier alpha value is -4.06. The van der Waals surface area contributed by atoms with E-state index in [4.69, 9.17) is 5.73 Å². The highest BCUT2D eigenvalue weighted by Gasteiger charge is 2.25. The largest absolute Gasteiger partial charge is 0.383 e. The van der Waals surface area contributed by atoms with Crippen molar-refractivity contribution in [3.63, 3.8) is 0 Å². The van der Waals surface area contributed by atoms with Gasteiger partial charge in [0.2, 0.25) is 5.78 Å². The van der Waals surface area contributed by atoms with Gasteiger partial charge < -0.3 is 5.73 Å². The zero-order valence-electron chi connectivity index (χ0n) is 18.4. The highest BCUT2D eigenvalue weighted by atomic mass is 16.1. The first-order chi connectivity index (χ1) is 16.0. The number of nitrogens with two attached hydrogens (primary N) is 1. The summed E-state index contributed by atoms with van der Waals surface area (Å²) in [5, 5.41) is 0. The van der Waals surface area contributed by atoms with Gasteiger partial charge in [-0.15, -0.1) is 0 Å². The molecule has 5 rings (SSSR count). The molecule has 6 nitrogen and oxygen atoms in total. The summed E-state index contributed by atoms with van der Waals surface area (Å²) in [6.07, 6.45) is 6.11. The summed E-state index contributed by atoms with van der Waals surface area (Å²) in [6, 6.07) is 18.5. The number of aryl methyl sites for hydroxylation is 1. The lowest BCUT2D eigenvalue weighted by atomic mass is 10.0. The van der Waals surface area contributed by atoms with Crippen LogP contribution in [0.3, 0.4) is 0 Å². The van der Waals surface area contributed by atoms with Gasteiger partial charge in [0.15, 0.2) is 11.5 Å². The summed E-state index contributed by atoms with van der Waals surface area (Å²) < 4.78 is 1.68. The van der Waals surface area contributed by atoms with Gasteiger partial charge in [0.1, 0.15) is 12.1 Å². The molecule has 0 amide bonds. The molecule has 4 aromatic rings. The van der Waals surface area contributed by atoms with Gasteiger partial charge in [-0.2, -0.15) is 0 Å². The third-order valence-electron chi connectivity index (χ3n) is 6.07. The maximum atomic E-state index is 13.3. The Bertz CT molecular complexity index is 1350. The molecule has 0 atom stereocenters. The van der Waals surface area contributed by atoms with E-state index < -0.39 is 0 Å². The van der Waals surface area contributed by atoms with E-state index in [1.807, 2.05) is 55.5 Å². The average molecular weight is 437 g/mol. The van der Waals surface area contributed by atoms with Crippen LogP contribution in [0.25, 0.3) is 16.9 Å². The van der Waals surface area contributed by atoms with Gasteiger partial charge in [-0.1, -0.05) is 36.4 Å². The van der Waals surface area contributed by atoms with Crippen LogP contribution in [0.2, 0.25) is 0 Å². The minimum Gasteiger partial charge on any atom is -0.383 e. The molecule has 0 bridgehead atoms. The fourth-order valence-electron chi connectivity index (χ4n) is 3.96. The molecule has 2 aromatic heterocycles. The van der Waals surface area contributed by atoms with Crippen LogP contribution >= 0.6 is 0 Å². The molecule has 0 unspecified atom stereocenters. The van der Waals surface area contributed by atoms with Crippen molar-refractivity contribution >= 4 is 17.4 Å². The number of hydrogen-bond donors (Lipinski definition) is 1. The molecule has 33 heavy (non-hydrogen) atoms. The number of aromatic nitrogens is 3. The molecule has 1 fully saturated rings. The fraction of sp³-hybridized carbons (Fsp3) is 0.185. The number of nitrogens with zero attached hydrogens (tertiary/aromatic N) is 3. The van der Waals surface area contributed by atoms with E-state index in [1.165, 1.54) is 0 Å². The lowest BCUT2D eigenvalue weighted by molar-refractivity contribution is 0.0975. The van der Waals surface area contributed by atoms with E-state index in [1.54, 1.807) is 29.2 Å². The summed E-state index contributed by atoms with van der Waals surface area (Å²) in [5.41, 5.74) is 11.0. The van der Waals surface area contributed by atoms with Crippen molar-refractivity contribution in [2.45, 2.75) is 26.2 Å². The molecule has 0 aliphatic heterocycles. The second-order valence-corrected chi connectivity index (χ2v) is 8.55. The molecule has 6 heteroatoms. The van der Waals surface area contributed by atoms with E-state index in [0.717, 1.165) is 35.3 Å². The number of carbonyl (C=O) groups excluding carboxylic acids is 2. The minimum absolute atomic E-state index is 0.139. The molecular formula is C27H24N4O2. The molecule has 1 aliphatic carbocycles. The molecule has 2 N–H and O–H groups in total. The summed E-state index contributed by atoms with van der Waals surface area (Å²) in [5.74, 6) is 0.646. The summed E-state index contributed by atoms with van der Waals surface area (Å²) >= 11 is 0. The van der Waals surface area contributed by atoms with Gasteiger partial charge in [0.05, 0.1) is 11.4 Å². The third-order valence-corrected chi connectivity index (χ3v) is 6.07. The molecule has 0 spiro atoms. The molecular weight excluding hydrogens is 412 g/mol. The summed E-state index contributed by atoms with van der Waals surface area (Å²) in [4.78, 5) is 34.5. The van der Waals surface area contributed by atoms with Gasteiger partial charge >= 0.3 is 0 Å². The molecule has 0 saturated heterocycles.